The van der Waals surface area contributed by atoms with Gasteiger partial charge >= 0.3 is 0 Å². The van der Waals surface area contributed by atoms with Gasteiger partial charge in [-0.3, -0.25) is 9.89 Å². The van der Waals surface area contributed by atoms with Crippen LogP contribution in [0.4, 0.5) is 0 Å². The molecule has 1 N–H and O–H groups in total. The van der Waals surface area contributed by atoms with Gasteiger partial charge in [0.2, 0.25) is 5.91 Å². The molecule has 126 valence electrons. The summed E-state index contributed by atoms with van der Waals surface area (Å²) in [5.41, 5.74) is 1.03. The maximum absolute atomic E-state index is 12.5. The SMILES string of the molecule is O=C(C1CCCS1)N1CCC(c2nc(-c3ccccc3)n[nH]2)CC1. The molecule has 0 spiro atoms. The van der Waals surface area contributed by atoms with Crippen LogP contribution in [0.1, 0.15) is 37.4 Å². The van der Waals surface area contributed by atoms with Gasteiger partial charge in [-0.2, -0.15) is 5.10 Å². The molecule has 3 heterocycles. The van der Waals surface area contributed by atoms with Crippen molar-refractivity contribution in [3.63, 3.8) is 0 Å². The van der Waals surface area contributed by atoms with E-state index in [-0.39, 0.29) is 5.25 Å². The molecule has 2 aliphatic rings. The Morgan fingerprint density at radius 1 is 1.17 bits per heavy atom. The van der Waals surface area contributed by atoms with Crippen LogP contribution in [0.2, 0.25) is 0 Å². The van der Waals surface area contributed by atoms with Crippen molar-refractivity contribution in [3.8, 4) is 11.4 Å². The topological polar surface area (TPSA) is 61.9 Å². The highest BCUT2D eigenvalue weighted by Gasteiger charge is 2.31. The Kier molecular flexibility index (Phi) is 4.56. The molecular weight excluding hydrogens is 320 g/mol. The van der Waals surface area contributed by atoms with Gasteiger partial charge in [0, 0.05) is 24.6 Å². The van der Waals surface area contributed by atoms with Gasteiger partial charge in [-0.25, -0.2) is 4.98 Å². The first-order valence-corrected chi connectivity index (χ1v) is 9.74. The van der Waals surface area contributed by atoms with Gasteiger partial charge in [0.1, 0.15) is 5.82 Å². The van der Waals surface area contributed by atoms with Crippen LogP contribution in [0, 0.1) is 0 Å². The fraction of sp³-hybridized carbons (Fsp3) is 0.500. The molecule has 1 unspecified atom stereocenters. The molecule has 0 aliphatic carbocycles. The molecule has 1 atom stereocenters. The molecule has 5 nitrogen and oxygen atoms in total. The number of thioether (sulfide) groups is 1. The number of aromatic amines is 1. The zero-order chi connectivity index (χ0) is 16.4. The third kappa shape index (κ3) is 3.20. The summed E-state index contributed by atoms with van der Waals surface area (Å²) in [5, 5.41) is 7.67. The zero-order valence-electron chi connectivity index (χ0n) is 13.6. The van der Waals surface area contributed by atoms with E-state index in [0.717, 1.165) is 55.3 Å². The lowest BCUT2D eigenvalue weighted by Crippen LogP contribution is -2.42. The molecule has 1 amide bonds. The lowest BCUT2D eigenvalue weighted by Gasteiger charge is -2.32. The van der Waals surface area contributed by atoms with Crippen LogP contribution >= 0.6 is 11.8 Å². The monoisotopic (exact) mass is 342 g/mol. The van der Waals surface area contributed by atoms with Crippen molar-refractivity contribution in [1.29, 1.82) is 0 Å². The first-order chi connectivity index (χ1) is 11.8. The standard InChI is InChI=1S/C18H22N4OS/c23-18(15-7-4-12-24-15)22-10-8-14(9-11-22)17-19-16(20-21-17)13-5-2-1-3-6-13/h1-3,5-6,14-15H,4,7-12H2,(H,19,20,21). The van der Waals surface area contributed by atoms with Gasteiger partial charge in [-0.15, -0.1) is 11.8 Å². The van der Waals surface area contributed by atoms with Crippen molar-refractivity contribution in [2.45, 2.75) is 36.9 Å². The summed E-state index contributed by atoms with van der Waals surface area (Å²) in [4.78, 5) is 19.2. The highest BCUT2D eigenvalue weighted by molar-refractivity contribution is 8.00. The van der Waals surface area contributed by atoms with Gasteiger partial charge in [0.05, 0.1) is 5.25 Å². The van der Waals surface area contributed by atoms with E-state index in [1.165, 1.54) is 6.42 Å². The van der Waals surface area contributed by atoms with Crippen molar-refractivity contribution in [3.05, 3.63) is 36.2 Å². The van der Waals surface area contributed by atoms with Gasteiger partial charge in [0.15, 0.2) is 5.82 Å². The number of likely N-dealkylation sites (tertiary alicyclic amines) is 1. The second-order valence-electron chi connectivity index (χ2n) is 6.51. The predicted molar refractivity (Wildman–Crippen MR) is 95.9 cm³/mol. The molecule has 2 aliphatic heterocycles. The minimum atomic E-state index is 0.205. The molecule has 2 aromatic rings. The highest BCUT2D eigenvalue weighted by atomic mass is 32.2. The quantitative estimate of drug-likeness (QED) is 0.931. The minimum Gasteiger partial charge on any atom is -0.342 e. The number of nitrogens with one attached hydrogen (secondary N) is 1. The number of aromatic nitrogens is 3. The van der Waals surface area contributed by atoms with Crippen LogP contribution in [-0.2, 0) is 4.79 Å². The molecule has 0 bridgehead atoms. The Morgan fingerprint density at radius 2 is 1.96 bits per heavy atom. The van der Waals surface area contributed by atoms with E-state index in [1.807, 2.05) is 47.0 Å². The summed E-state index contributed by atoms with van der Waals surface area (Å²) in [6, 6.07) is 10.0. The van der Waals surface area contributed by atoms with E-state index >= 15 is 0 Å². The second-order valence-corrected chi connectivity index (χ2v) is 7.82. The van der Waals surface area contributed by atoms with Crippen molar-refractivity contribution in [2.24, 2.45) is 0 Å². The number of piperidine rings is 1. The molecule has 2 fully saturated rings. The van der Waals surface area contributed by atoms with Gasteiger partial charge in [0.25, 0.3) is 0 Å². The van der Waals surface area contributed by atoms with Gasteiger partial charge < -0.3 is 4.90 Å². The van der Waals surface area contributed by atoms with Crippen molar-refractivity contribution in [1.82, 2.24) is 20.1 Å². The number of hydrogen-bond donors (Lipinski definition) is 1. The first-order valence-electron chi connectivity index (χ1n) is 8.69. The number of benzene rings is 1. The minimum absolute atomic E-state index is 0.205. The largest absolute Gasteiger partial charge is 0.342 e. The number of nitrogens with zero attached hydrogens (tertiary/aromatic N) is 3. The molecule has 4 rings (SSSR count). The van der Waals surface area contributed by atoms with Crippen LogP contribution < -0.4 is 0 Å². The van der Waals surface area contributed by atoms with E-state index < -0.39 is 0 Å². The van der Waals surface area contributed by atoms with E-state index in [4.69, 9.17) is 0 Å². The molecule has 1 aromatic carbocycles. The zero-order valence-corrected chi connectivity index (χ0v) is 14.5. The van der Waals surface area contributed by atoms with E-state index in [2.05, 4.69) is 15.2 Å². The number of H-pyrrole nitrogens is 1. The van der Waals surface area contributed by atoms with Crippen LogP contribution in [-0.4, -0.2) is 50.1 Å². The number of rotatable bonds is 3. The number of carbonyl (C=O) groups is 1. The number of hydrogen-bond acceptors (Lipinski definition) is 4. The Hall–Kier alpha value is -1.82. The Bertz CT molecular complexity index is 688. The fourth-order valence-electron chi connectivity index (χ4n) is 3.52. The summed E-state index contributed by atoms with van der Waals surface area (Å²) >= 11 is 1.82. The average molecular weight is 342 g/mol. The first kappa shape index (κ1) is 15.7. The maximum Gasteiger partial charge on any atom is 0.235 e. The molecule has 24 heavy (non-hydrogen) atoms. The van der Waals surface area contributed by atoms with Crippen molar-refractivity contribution in [2.75, 3.05) is 18.8 Å². The number of carbonyl (C=O) groups excluding carboxylic acids is 1. The van der Waals surface area contributed by atoms with E-state index in [9.17, 15) is 4.79 Å². The second kappa shape index (κ2) is 6.97. The maximum atomic E-state index is 12.5. The van der Waals surface area contributed by atoms with Crippen molar-refractivity contribution >= 4 is 17.7 Å². The molecular formula is C18H22N4OS. The van der Waals surface area contributed by atoms with Crippen molar-refractivity contribution < 1.29 is 4.79 Å². The van der Waals surface area contributed by atoms with Crippen LogP contribution in [0.15, 0.2) is 30.3 Å². The third-order valence-corrected chi connectivity index (χ3v) is 6.30. The Morgan fingerprint density at radius 3 is 2.67 bits per heavy atom. The lowest BCUT2D eigenvalue weighted by atomic mass is 9.96. The van der Waals surface area contributed by atoms with Crippen LogP contribution in [0.3, 0.4) is 0 Å². The van der Waals surface area contributed by atoms with Gasteiger partial charge in [-0.1, -0.05) is 30.3 Å². The third-order valence-electron chi connectivity index (χ3n) is 4.93. The molecule has 2 saturated heterocycles. The highest BCUT2D eigenvalue weighted by Crippen LogP contribution is 2.31. The summed E-state index contributed by atoms with van der Waals surface area (Å²) in [6.07, 6.45) is 4.16. The van der Waals surface area contributed by atoms with Crippen LogP contribution in [0.25, 0.3) is 11.4 Å². The normalized spacial score (nSPS) is 22.0. The summed E-state index contributed by atoms with van der Waals surface area (Å²) in [6.45, 7) is 1.67. The Labute approximate surface area is 146 Å². The van der Waals surface area contributed by atoms with E-state index in [0.29, 0.717) is 11.8 Å². The van der Waals surface area contributed by atoms with E-state index in [1.54, 1.807) is 0 Å². The molecule has 0 saturated carbocycles. The predicted octanol–water partition coefficient (Wildman–Crippen LogP) is 3.07. The summed E-state index contributed by atoms with van der Waals surface area (Å²) in [5.74, 6) is 3.56. The number of amides is 1. The molecule has 1 aromatic heterocycles. The van der Waals surface area contributed by atoms with Crippen LogP contribution in [0.5, 0.6) is 0 Å². The fourth-order valence-corrected chi connectivity index (χ4v) is 4.77. The average Bonchev–Trinajstić information content (AvgIpc) is 3.34. The summed E-state index contributed by atoms with van der Waals surface area (Å²) < 4.78 is 0. The smallest absolute Gasteiger partial charge is 0.235 e. The lowest BCUT2D eigenvalue weighted by molar-refractivity contribution is -0.131. The molecule has 6 heteroatoms. The Balaban J connectivity index is 1.38. The molecule has 0 radical (unpaired) electrons. The summed E-state index contributed by atoms with van der Waals surface area (Å²) in [7, 11) is 0. The van der Waals surface area contributed by atoms with Gasteiger partial charge in [-0.05, 0) is 31.4 Å².